The molecule has 0 aliphatic rings. The van der Waals surface area contributed by atoms with E-state index in [-0.39, 0.29) is 43.8 Å². The number of hydrogen-bond acceptors (Lipinski definition) is 10. The Balaban J connectivity index is 1.30. The molecule has 3 aromatic carbocycles. The van der Waals surface area contributed by atoms with Gasteiger partial charge >= 0.3 is 5.97 Å². The summed E-state index contributed by atoms with van der Waals surface area (Å²) in [5, 5.41) is 33.0. The van der Waals surface area contributed by atoms with Crippen LogP contribution in [0.3, 0.4) is 0 Å². The highest BCUT2D eigenvalue weighted by Gasteiger charge is 2.32. The Labute approximate surface area is 429 Å². The molecule has 6 atom stereocenters. The Morgan fingerprint density at radius 3 is 1.38 bits per heavy atom. The Bertz CT molecular complexity index is 2240. The molecule has 0 spiro atoms. The first kappa shape index (κ1) is 60.4. The number of primary amides is 2. The fourth-order valence-electron chi connectivity index (χ4n) is 8.23. The van der Waals surface area contributed by atoms with Crippen LogP contribution in [0.5, 0.6) is 0 Å². The highest BCUT2D eigenvalue weighted by Crippen LogP contribution is 2.16. The van der Waals surface area contributed by atoms with Crippen LogP contribution in [0.4, 0.5) is 0 Å². The molecule has 0 bridgehead atoms. The third-order valence-corrected chi connectivity index (χ3v) is 12.3. The number of aliphatic hydroxyl groups is 1. The van der Waals surface area contributed by atoms with E-state index in [1.54, 1.807) is 78.9 Å². The predicted molar refractivity (Wildman–Crippen MR) is 276 cm³/mol. The van der Waals surface area contributed by atoms with Gasteiger partial charge in [0.1, 0.15) is 30.2 Å². The molecule has 18 nitrogen and oxygen atoms in total. The highest BCUT2D eigenvalue weighted by molar-refractivity contribution is 6.09. The van der Waals surface area contributed by atoms with Crippen molar-refractivity contribution < 1.29 is 53.4 Å². The first-order valence-electron chi connectivity index (χ1n) is 25.6. The van der Waals surface area contributed by atoms with Crippen LogP contribution in [0.25, 0.3) is 0 Å². The minimum Gasteiger partial charge on any atom is -0.480 e. The van der Waals surface area contributed by atoms with E-state index >= 15 is 0 Å². The number of unbranched alkanes of at least 4 members (excludes halogenated alkanes) is 11. The molecule has 0 fully saturated rings. The van der Waals surface area contributed by atoms with Crippen LogP contribution in [0.2, 0.25) is 0 Å². The summed E-state index contributed by atoms with van der Waals surface area (Å²) < 4.78 is 0. The van der Waals surface area contributed by atoms with Crippen molar-refractivity contribution in [2.75, 3.05) is 0 Å². The van der Waals surface area contributed by atoms with E-state index in [1.807, 2.05) is 19.9 Å². The van der Waals surface area contributed by atoms with Gasteiger partial charge in [0.2, 0.25) is 41.4 Å². The van der Waals surface area contributed by atoms with E-state index in [0.29, 0.717) is 35.1 Å². The highest BCUT2D eigenvalue weighted by atomic mass is 16.4. The van der Waals surface area contributed by atoms with Crippen LogP contribution in [0, 0.1) is 5.92 Å². The number of aliphatic hydroxyl groups excluding tert-OH is 1. The number of carboxylic acids is 1. The summed E-state index contributed by atoms with van der Waals surface area (Å²) >= 11 is 0. The van der Waals surface area contributed by atoms with E-state index in [0.717, 1.165) is 64.2 Å². The third-order valence-electron chi connectivity index (χ3n) is 12.3. The maximum Gasteiger partial charge on any atom is 0.326 e. The number of nitrogens with two attached hydrogens (primary N) is 2. The lowest BCUT2D eigenvalue weighted by atomic mass is 9.98. The van der Waals surface area contributed by atoms with Gasteiger partial charge in [-0.2, -0.15) is 0 Å². The standard InChI is InChI=1S/C55H77N7O11/c1-36(2)32-43(52(69)59-42(51(57)68)33-39-28-30-41(31-29-39)50(67)40-24-18-15-19-25-40)60-54(71)49(37(3)63)62-48(66)27-21-13-11-9-7-5-4-6-8-10-12-20-26-47(65)58-44(35-46(56)64)53(70)61-45(55(72)73)34-38-22-16-14-17-23-38/h14-19,22-25,28-31,36-37,42-45,49,63H,4-13,20-21,26-27,32-35H2,1-3H3,(H2,56,64)(H2,57,68)(H,58,65)(H,59,69)(H,60,71)(H,61,70)(H,62,66)(H,72,73)/t37-,42+,43+,44+,45+,49+/m1/s1. The molecule has 0 saturated carbocycles. The van der Waals surface area contributed by atoms with Gasteiger partial charge in [0.25, 0.3) is 0 Å². The van der Waals surface area contributed by atoms with Crippen molar-refractivity contribution in [2.24, 2.45) is 17.4 Å². The summed E-state index contributed by atoms with van der Waals surface area (Å²) in [5.41, 5.74) is 13.3. The van der Waals surface area contributed by atoms with E-state index < -0.39 is 90.1 Å². The molecule has 11 N–H and O–H groups in total. The van der Waals surface area contributed by atoms with Crippen LogP contribution in [-0.4, -0.2) is 99.6 Å². The number of rotatable bonds is 36. The molecular weight excluding hydrogens is 935 g/mol. The monoisotopic (exact) mass is 1010 g/mol. The number of nitrogens with one attached hydrogen (secondary N) is 5. The zero-order chi connectivity index (χ0) is 53.7. The average molecular weight is 1010 g/mol. The van der Waals surface area contributed by atoms with Crippen LogP contribution in [0.15, 0.2) is 84.9 Å². The summed E-state index contributed by atoms with van der Waals surface area (Å²) in [6.07, 6.45) is 9.75. The second kappa shape index (κ2) is 32.9. The second-order valence-electron chi connectivity index (χ2n) is 19.2. The number of carbonyl (C=O) groups is 9. The van der Waals surface area contributed by atoms with Crippen molar-refractivity contribution in [1.29, 1.82) is 0 Å². The average Bonchev–Trinajstić information content (AvgIpc) is 3.34. The number of carbonyl (C=O) groups excluding carboxylic acids is 8. The van der Waals surface area contributed by atoms with Gasteiger partial charge in [0.15, 0.2) is 5.78 Å². The number of aliphatic carboxylic acids is 1. The summed E-state index contributed by atoms with van der Waals surface area (Å²) in [6, 6.07) is 18.1. The van der Waals surface area contributed by atoms with E-state index in [2.05, 4.69) is 26.6 Å². The SMILES string of the molecule is CC(C)C[C@H](NC(=O)[C@@H](NC(=O)CCCCCCCCCCCCCCC(=O)N[C@@H](CC(N)=O)C(=O)N[C@@H](Cc1ccccc1)C(=O)O)[C@@H](C)O)C(=O)N[C@@H](Cc1ccc(C(=O)c2ccccc2)cc1)C(N)=O. The number of amides is 7. The normalized spacial score (nSPS) is 13.5. The predicted octanol–water partition coefficient (Wildman–Crippen LogP) is 4.46. The van der Waals surface area contributed by atoms with Gasteiger partial charge in [-0.3, -0.25) is 38.4 Å². The van der Waals surface area contributed by atoms with Gasteiger partial charge in [-0.25, -0.2) is 4.79 Å². The van der Waals surface area contributed by atoms with Crippen molar-refractivity contribution >= 4 is 53.1 Å². The lowest BCUT2D eigenvalue weighted by molar-refractivity contribution is -0.142. The quantitative estimate of drug-likeness (QED) is 0.0289. The molecule has 7 amide bonds. The molecule has 0 saturated heterocycles. The molecule has 0 aliphatic carbocycles. The molecule has 3 rings (SSSR count). The van der Waals surface area contributed by atoms with Crippen molar-refractivity contribution in [1.82, 2.24) is 26.6 Å². The van der Waals surface area contributed by atoms with Crippen LogP contribution in [0.1, 0.15) is 151 Å². The first-order chi connectivity index (χ1) is 34.8. The Kier molecular flexibility index (Phi) is 27.2. The maximum atomic E-state index is 13.6. The van der Waals surface area contributed by atoms with Crippen molar-refractivity contribution in [3.63, 3.8) is 0 Å². The molecule has 0 aliphatic heterocycles. The fourth-order valence-corrected chi connectivity index (χ4v) is 8.23. The molecule has 0 heterocycles. The second-order valence-corrected chi connectivity index (χ2v) is 19.2. The van der Waals surface area contributed by atoms with Gasteiger partial charge < -0.3 is 48.3 Å². The maximum absolute atomic E-state index is 13.6. The lowest BCUT2D eigenvalue weighted by Gasteiger charge is -2.27. The number of ketones is 1. The molecule has 0 unspecified atom stereocenters. The zero-order valence-corrected chi connectivity index (χ0v) is 42.6. The van der Waals surface area contributed by atoms with E-state index in [9.17, 15) is 53.4 Å². The van der Waals surface area contributed by atoms with Gasteiger partial charge in [0, 0.05) is 36.8 Å². The molecule has 0 aromatic heterocycles. The summed E-state index contributed by atoms with van der Waals surface area (Å²) in [6.45, 7) is 5.09. The first-order valence-corrected chi connectivity index (χ1v) is 25.6. The Morgan fingerprint density at radius 1 is 0.479 bits per heavy atom. The van der Waals surface area contributed by atoms with E-state index in [4.69, 9.17) is 11.5 Å². The van der Waals surface area contributed by atoms with Crippen molar-refractivity contribution in [2.45, 2.75) is 173 Å². The van der Waals surface area contributed by atoms with Crippen LogP contribution < -0.4 is 38.1 Å². The minimum atomic E-state index is -1.32. The van der Waals surface area contributed by atoms with Gasteiger partial charge in [-0.1, -0.05) is 163 Å². The summed E-state index contributed by atoms with van der Waals surface area (Å²) in [5.74, 6) is -6.07. The third kappa shape index (κ3) is 23.9. The van der Waals surface area contributed by atoms with Gasteiger partial charge in [-0.15, -0.1) is 0 Å². The Morgan fingerprint density at radius 2 is 0.904 bits per heavy atom. The van der Waals surface area contributed by atoms with Crippen molar-refractivity contribution in [3.8, 4) is 0 Å². The molecule has 18 heteroatoms. The molecule has 3 aromatic rings. The number of carboxylic acid groups (broad SMARTS) is 1. The molecule has 398 valence electrons. The van der Waals surface area contributed by atoms with Crippen molar-refractivity contribution in [3.05, 3.63) is 107 Å². The summed E-state index contributed by atoms with van der Waals surface area (Å²) in [4.78, 5) is 114. The summed E-state index contributed by atoms with van der Waals surface area (Å²) in [7, 11) is 0. The van der Waals surface area contributed by atoms with Crippen LogP contribution >= 0.6 is 0 Å². The van der Waals surface area contributed by atoms with Gasteiger partial charge in [0.05, 0.1) is 12.5 Å². The Hall–Kier alpha value is -6.95. The molecule has 0 radical (unpaired) electrons. The number of hydrogen-bond donors (Lipinski definition) is 9. The zero-order valence-electron chi connectivity index (χ0n) is 42.6. The largest absolute Gasteiger partial charge is 0.480 e. The van der Waals surface area contributed by atoms with Gasteiger partial charge in [-0.05, 0) is 43.2 Å². The minimum absolute atomic E-state index is 0.0287. The smallest absolute Gasteiger partial charge is 0.326 e. The number of benzene rings is 3. The topological polar surface area (TPSA) is 306 Å². The molecule has 73 heavy (non-hydrogen) atoms. The lowest BCUT2D eigenvalue weighted by Crippen LogP contribution is -2.59. The fraction of sp³-hybridized carbons (Fsp3) is 0.509. The molecular formula is C55H77N7O11. The van der Waals surface area contributed by atoms with Crippen LogP contribution in [-0.2, 0) is 51.2 Å². The van der Waals surface area contributed by atoms with E-state index in [1.165, 1.54) is 6.92 Å².